The molecule has 4 N–H and O–H groups in total. The molecule has 0 saturated heterocycles. The molecule has 1 aliphatic rings. The Balaban J connectivity index is 0.00000261. The van der Waals surface area contributed by atoms with E-state index in [-0.39, 0.29) is 34.9 Å². The predicted molar refractivity (Wildman–Crippen MR) is 120 cm³/mol. The van der Waals surface area contributed by atoms with Gasteiger partial charge in [0.25, 0.3) is 0 Å². The Hall–Kier alpha value is -1.65. The average molecular weight is 500 g/mol. The van der Waals surface area contributed by atoms with Gasteiger partial charge >= 0.3 is 0 Å². The number of hydrogen-bond donors (Lipinski definition) is 3. The minimum absolute atomic E-state index is 0. The monoisotopic (exact) mass is 500 g/mol. The van der Waals surface area contributed by atoms with Crippen LogP contribution in [0.5, 0.6) is 0 Å². The molecule has 0 radical (unpaired) electrons. The zero-order valence-corrected chi connectivity index (χ0v) is 18.5. The van der Waals surface area contributed by atoms with Crippen LogP contribution in [-0.4, -0.2) is 20.4 Å². The quantitative estimate of drug-likeness (QED) is 0.322. The number of guanidine groups is 1. The molecule has 0 bridgehead atoms. The van der Waals surface area contributed by atoms with E-state index < -0.39 is 10.0 Å². The predicted octanol–water partition coefficient (Wildman–Crippen LogP) is 3.29. The molecule has 1 aliphatic carbocycles. The Morgan fingerprint density at radius 2 is 1.78 bits per heavy atom. The number of aryl methyl sites for hydroxylation is 2. The molecule has 1 fully saturated rings. The Kier molecular flexibility index (Phi) is 7.24. The van der Waals surface area contributed by atoms with Crippen molar-refractivity contribution in [2.45, 2.75) is 44.2 Å². The van der Waals surface area contributed by atoms with Crippen molar-refractivity contribution in [1.82, 2.24) is 4.72 Å². The molecule has 27 heavy (non-hydrogen) atoms. The summed E-state index contributed by atoms with van der Waals surface area (Å²) in [5, 5.41) is 3.07. The third-order valence-electron chi connectivity index (χ3n) is 4.34. The van der Waals surface area contributed by atoms with Crippen molar-refractivity contribution in [2.75, 3.05) is 5.32 Å². The van der Waals surface area contributed by atoms with Gasteiger partial charge in [0.2, 0.25) is 10.0 Å². The van der Waals surface area contributed by atoms with Crippen LogP contribution in [0.3, 0.4) is 0 Å². The molecule has 0 aromatic heterocycles. The topological polar surface area (TPSA) is 96.6 Å². The zero-order chi connectivity index (χ0) is 18.7. The fraction of sp³-hybridized carbons (Fsp3) is 0.316. The molecule has 0 unspecified atom stereocenters. The summed E-state index contributed by atoms with van der Waals surface area (Å²) in [5.74, 6) is 0.320. The molecule has 3 rings (SSSR count). The first-order valence-electron chi connectivity index (χ1n) is 8.59. The maximum Gasteiger partial charge on any atom is 0.240 e. The Bertz CT molecular complexity index is 923. The number of benzene rings is 2. The lowest BCUT2D eigenvalue weighted by atomic mass is 10.1. The third kappa shape index (κ3) is 6.18. The van der Waals surface area contributed by atoms with Crippen LogP contribution in [0.4, 0.5) is 5.69 Å². The third-order valence-corrected chi connectivity index (χ3v) is 5.88. The summed E-state index contributed by atoms with van der Waals surface area (Å²) in [6.45, 7) is 4.47. The number of sulfonamides is 1. The van der Waals surface area contributed by atoms with Crippen molar-refractivity contribution in [3.8, 4) is 0 Å². The number of nitrogens with zero attached hydrogens (tertiary/aromatic N) is 1. The van der Waals surface area contributed by atoms with E-state index in [0.717, 1.165) is 24.1 Å². The molecular weight excluding hydrogens is 475 g/mol. The van der Waals surface area contributed by atoms with E-state index in [2.05, 4.69) is 22.0 Å². The molecule has 0 heterocycles. The molecule has 1 saturated carbocycles. The van der Waals surface area contributed by atoms with Crippen LogP contribution in [0.25, 0.3) is 0 Å². The summed E-state index contributed by atoms with van der Waals surface area (Å²) >= 11 is 0. The fourth-order valence-corrected chi connectivity index (χ4v) is 3.75. The number of aliphatic imine (C=N–C) groups is 1. The normalized spacial score (nSPS) is 14.5. The highest BCUT2D eigenvalue weighted by atomic mass is 127. The van der Waals surface area contributed by atoms with Gasteiger partial charge in [-0.15, -0.1) is 24.0 Å². The number of hydrogen-bond acceptors (Lipinski definition) is 3. The second-order valence-electron chi connectivity index (χ2n) is 6.67. The fourth-order valence-electron chi connectivity index (χ4n) is 2.45. The van der Waals surface area contributed by atoms with Gasteiger partial charge in [-0.2, -0.15) is 0 Å². The van der Waals surface area contributed by atoms with Crippen LogP contribution < -0.4 is 15.8 Å². The highest BCUT2D eigenvalue weighted by Crippen LogP contribution is 2.22. The minimum atomic E-state index is -3.42. The second kappa shape index (κ2) is 9.03. The van der Waals surface area contributed by atoms with E-state index in [1.807, 2.05) is 25.1 Å². The molecule has 0 aliphatic heterocycles. The van der Waals surface area contributed by atoms with Gasteiger partial charge in [0.05, 0.1) is 11.4 Å². The van der Waals surface area contributed by atoms with Crippen LogP contribution in [0.1, 0.15) is 29.5 Å². The lowest BCUT2D eigenvalue weighted by Gasteiger charge is -2.08. The van der Waals surface area contributed by atoms with Gasteiger partial charge in [-0.05, 0) is 67.6 Å². The summed E-state index contributed by atoms with van der Waals surface area (Å²) in [6.07, 6.45) is 1.83. The molecule has 8 heteroatoms. The van der Waals surface area contributed by atoms with Gasteiger partial charge in [-0.1, -0.05) is 18.2 Å². The average Bonchev–Trinajstić information content (AvgIpc) is 3.40. The van der Waals surface area contributed by atoms with Crippen molar-refractivity contribution < 1.29 is 8.42 Å². The van der Waals surface area contributed by atoms with Crippen LogP contribution in [-0.2, 0) is 16.6 Å². The van der Waals surface area contributed by atoms with Crippen LogP contribution in [0, 0.1) is 13.8 Å². The van der Waals surface area contributed by atoms with Crippen molar-refractivity contribution in [3.05, 3.63) is 59.2 Å². The molecule has 6 nitrogen and oxygen atoms in total. The molecule has 2 aromatic carbocycles. The van der Waals surface area contributed by atoms with Crippen molar-refractivity contribution >= 4 is 45.6 Å². The maximum atomic E-state index is 12.1. The van der Waals surface area contributed by atoms with Crippen LogP contribution in [0.2, 0.25) is 0 Å². The molecule has 2 aromatic rings. The summed E-state index contributed by atoms with van der Waals surface area (Å²) < 4.78 is 27.0. The van der Waals surface area contributed by atoms with Gasteiger partial charge in [-0.25, -0.2) is 18.1 Å². The molecule has 0 atom stereocenters. The van der Waals surface area contributed by atoms with E-state index in [1.54, 1.807) is 24.3 Å². The van der Waals surface area contributed by atoms with Gasteiger partial charge in [0.15, 0.2) is 5.96 Å². The number of nitrogens with two attached hydrogens (primary N) is 1. The highest BCUT2D eigenvalue weighted by molar-refractivity contribution is 14.0. The second-order valence-corrected chi connectivity index (χ2v) is 8.38. The smallest absolute Gasteiger partial charge is 0.240 e. The Morgan fingerprint density at radius 3 is 2.37 bits per heavy atom. The van der Waals surface area contributed by atoms with E-state index in [1.165, 1.54) is 11.1 Å². The van der Waals surface area contributed by atoms with Crippen molar-refractivity contribution in [3.63, 3.8) is 0 Å². The molecule has 146 valence electrons. The van der Waals surface area contributed by atoms with E-state index >= 15 is 0 Å². The minimum Gasteiger partial charge on any atom is -0.370 e. The van der Waals surface area contributed by atoms with E-state index in [0.29, 0.717) is 12.5 Å². The van der Waals surface area contributed by atoms with E-state index in [4.69, 9.17) is 5.73 Å². The number of nitrogens with one attached hydrogen (secondary N) is 2. The summed E-state index contributed by atoms with van der Waals surface area (Å²) in [6, 6.07) is 12.8. The summed E-state index contributed by atoms with van der Waals surface area (Å²) in [4.78, 5) is 4.59. The number of anilines is 1. The lowest BCUT2D eigenvalue weighted by molar-refractivity contribution is 0.581. The Morgan fingerprint density at radius 1 is 1.11 bits per heavy atom. The maximum absolute atomic E-state index is 12.1. The largest absolute Gasteiger partial charge is 0.370 e. The number of rotatable bonds is 6. The molecule has 0 amide bonds. The van der Waals surface area contributed by atoms with Gasteiger partial charge in [0.1, 0.15) is 0 Å². The van der Waals surface area contributed by atoms with Gasteiger partial charge in [-0.3, -0.25) is 0 Å². The SMILES string of the molecule is Cc1ccc(NC(N)=NCc2ccc(S(=O)(=O)NC3CC3)cc2)cc1C.I. The van der Waals surface area contributed by atoms with E-state index in [9.17, 15) is 8.42 Å². The van der Waals surface area contributed by atoms with Crippen molar-refractivity contribution in [1.29, 1.82) is 0 Å². The Labute approximate surface area is 177 Å². The first kappa shape index (κ1) is 21.6. The first-order chi connectivity index (χ1) is 12.3. The van der Waals surface area contributed by atoms with Crippen molar-refractivity contribution in [2.24, 2.45) is 10.7 Å². The highest BCUT2D eigenvalue weighted by Gasteiger charge is 2.27. The van der Waals surface area contributed by atoms with Crippen LogP contribution in [0.15, 0.2) is 52.4 Å². The molecule has 0 spiro atoms. The lowest BCUT2D eigenvalue weighted by Crippen LogP contribution is -2.25. The van der Waals surface area contributed by atoms with Crippen LogP contribution >= 0.6 is 24.0 Å². The molecular formula is C19H25IN4O2S. The summed E-state index contributed by atoms with van der Waals surface area (Å²) in [7, 11) is -3.42. The standard InChI is InChI=1S/C19H24N4O2S.HI/c1-13-3-6-17(11-14(13)2)22-19(20)21-12-15-4-9-18(10-5-15)26(24,25)23-16-7-8-16;/h3-6,9-11,16,23H,7-8,12H2,1-2H3,(H3,20,21,22);1H. The van der Waals surface area contributed by atoms with Gasteiger partial charge < -0.3 is 11.1 Å². The number of halogens is 1. The zero-order valence-electron chi connectivity index (χ0n) is 15.4. The first-order valence-corrected chi connectivity index (χ1v) is 10.1. The summed E-state index contributed by atoms with van der Waals surface area (Å²) in [5.41, 5.74) is 10.1. The van der Waals surface area contributed by atoms with Gasteiger partial charge in [0, 0.05) is 11.7 Å².